The van der Waals surface area contributed by atoms with Crippen LogP contribution < -0.4 is 0 Å². The highest BCUT2D eigenvalue weighted by Gasteiger charge is 2.18. The summed E-state index contributed by atoms with van der Waals surface area (Å²) in [4.78, 5) is 2.57. The monoisotopic (exact) mass is 297 g/mol. The number of hydrogen-bond donors (Lipinski definition) is 0. The van der Waals surface area contributed by atoms with Crippen molar-refractivity contribution in [2.24, 2.45) is 5.92 Å². The van der Waals surface area contributed by atoms with Crippen molar-refractivity contribution in [3.8, 4) is 0 Å². The van der Waals surface area contributed by atoms with Gasteiger partial charge in [0.25, 0.3) is 0 Å². The van der Waals surface area contributed by atoms with E-state index in [9.17, 15) is 0 Å². The van der Waals surface area contributed by atoms with Gasteiger partial charge in [-0.3, -0.25) is 4.90 Å². The third-order valence-electron chi connectivity index (χ3n) is 3.64. The molecular formula is C15H24BrN. The maximum absolute atomic E-state index is 3.56. The first-order chi connectivity index (χ1) is 8.19. The molecule has 0 aliphatic carbocycles. The molecule has 0 radical (unpaired) electrons. The Labute approximate surface area is 114 Å². The summed E-state index contributed by atoms with van der Waals surface area (Å²) < 4.78 is 0. The molecule has 0 spiro atoms. The summed E-state index contributed by atoms with van der Waals surface area (Å²) in [6.07, 6.45) is 1.24. The molecule has 0 aromatic heterocycles. The molecule has 2 unspecified atom stereocenters. The van der Waals surface area contributed by atoms with E-state index in [0.717, 1.165) is 24.3 Å². The highest BCUT2D eigenvalue weighted by molar-refractivity contribution is 9.09. The number of rotatable bonds is 7. The topological polar surface area (TPSA) is 3.24 Å². The molecule has 1 rings (SSSR count). The summed E-state index contributed by atoms with van der Waals surface area (Å²) in [5, 5.41) is 1.04. The number of halogens is 1. The minimum atomic E-state index is 0.637. The molecule has 0 aliphatic heterocycles. The summed E-state index contributed by atoms with van der Waals surface area (Å²) >= 11 is 3.56. The van der Waals surface area contributed by atoms with Crippen molar-refractivity contribution < 1.29 is 0 Å². The molecule has 0 aliphatic rings. The normalized spacial score (nSPS) is 14.9. The van der Waals surface area contributed by atoms with E-state index in [-0.39, 0.29) is 0 Å². The minimum Gasteiger partial charge on any atom is -0.295 e. The van der Waals surface area contributed by atoms with Crippen molar-refractivity contribution in [2.45, 2.75) is 39.8 Å². The molecule has 0 saturated heterocycles. The lowest BCUT2D eigenvalue weighted by atomic mass is 9.99. The van der Waals surface area contributed by atoms with Gasteiger partial charge < -0.3 is 0 Å². The Bertz CT molecular complexity index is 299. The number of alkyl halides is 1. The van der Waals surface area contributed by atoms with Crippen LogP contribution in [0.1, 0.15) is 32.8 Å². The second-order valence-electron chi connectivity index (χ2n) is 4.77. The molecule has 2 heteroatoms. The van der Waals surface area contributed by atoms with Gasteiger partial charge in [-0.2, -0.15) is 0 Å². The van der Waals surface area contributed by atoms with Crippen molar-refractivity contribution >= 4 is 15.9 Å². The first-order valence-corrected chi connectivity index (χ1v) is 7.65. The SMILES string of the molecule is CCC(C)C(C)N(CCBr)Cc1ccccc1. The Morgan fingerprint density at radius 3 is 2.35 bits per heavy atom. The van der Waals surface area contributed by atoms with Gasteiger partial charge in [0.15, 0.2) is 0 Å². The van der Waals surface area contributed by atoms with Crippen LogP contribution >= 0.6 is 15.9 Å². The maximum atomic E-state index is 3.56. The van der Waals surface area contributed by atoms with Crippen molar-refractivity contribution in [1.82, 2.24) is 4.90 Å². The quantitative estimate of drug-likeness (QED) is 0.678. The lowest BCUT2D eigenvalue weighted by Gasteiger charge is -2.32. The zero-order valence-corrected chi connectivity index (χ0v) is 12.8. The first kappa shape index (κ1) is 14.7. The minimum absolute atomic E-state index is 0.637. The van der Waals surface area contributed by atoms with Crippen LogP contribution in [0, 0.1) is 5.92 Å². The number of benzene rings is 1. The van der Waals surface area contributed by atoms with E-state index in [2.05, 4.69) is 71.9 Å². The standard InChI is InChI=1S/C15H24BrN/c1-4-13(2)14(3)17(11-10-16)12-15-8-6-5-7-9-15/h5-9,13-14H,4,10-12H2,1-3H3. The average Bonchev–Trinajstić information content (AvgIpc) is 2.37. The van der Waals surface area contributed by atoms with Crippen LogP contribution in [0.4, 0.5) is 0 Å². The van der Waals surface area contributed by atoms with Crippen molar-refractivity contribution in [3.05, 3.63) is 35.9 Å². The second kappa shape index (κ2) is 7.88. The lowest BCUT2D eigenvalue weighted by molar-refractivity contribution is 0.160. The van der Waals surface area contributed by atoms with E-state index in [0.29, 0.717) is 6.04 Å². The molecule has 0 fully saturated rings. The molecule has 0 heterocycles. The van der Waals surface area contributed by atoms with Gasteiger partial charge in [-0.05, 0) is 18.4 Å². The number of nitrogens with zero attached hydrogens (tertiary/aromatic N) is 1. The van der Waals surface area contributed by atoms with Crippen LogP contribution in [0.3, 0.4) is 0 Å². The van der Waals surface area contributed by atoms with Crippen LogP contribution in [0.2, 0.25) is 0 Å². The largest absolute Gasteiger partial charge is 0.295 e. The van der Waals surface area contributed by atoms with E-state index in [1.807, 2.05) is 0 Å². The van der Waals surface area contributed by atoms with Gasteiger partial charge in [-0.1, -0.05) is 66.5 Å². The van der Waals surface area contributed by atoms with Crippen molar-refractivity contribution in [1.29, 1.82) is 0 Å². The van der Waals surface area contributed by atoms with E-state index in [1.54, 1.807) is 0 Å². The fourth-order valence-corrected chi connectivity index (χ4v) is 2.51. The van der Waals surface area contributed by atoms with Gasteiger partial charge in [0.2, 0.25) is 0 Å². The van der Waals surface area contributed by atoms with Crippen LogP contribution in [0.5, 0.6) is 0 Å². The Hall–Kier alpha value is -0.340. The molecule has 1 aromatic rings. The number of hydrogen-bond acceptors (Lipinski definition) is 1. The van der Waals surface area contributed by atoms with E-state index >= 15 is 0 Å². The van der Waals surface area contributed by atoms with Gasteiger partial charge in [0.1, 0.15) is 0 Å². The van der Waals surface area contributed by atoms with Crippen molar-refractivity contribution in [3.63, 3.8) is 0 Å². The predicted octanol–water partition coefficient (Wildman–Crippen LogP) is 4.32. The van der Waals surface area contributed by atoms with Crippen LogP contribution in [0.25, 0.3) is 0 Å². The maximum Gasteiger partial charge on any atom is 0.0237 e. The fraction of sp³-hybridized carbons (Fsp3) is 0.600. The fourth-order valence-electron chi connectivity index (χ4n) is 2.05. The Morgan fingerprint density at radius 1 is 1.18 bits per heavy atom. The highest BCUT2D eigenvalue weighted by Crippen LogP contribution is 2.17. The molecule has 2 atom stereocenters. The smallest absolute Gasteiger partial charge is 0.0237 e. The van der Waals surface area contributed by atoms with Gasteiger partial charge in [0.05, 0.1) is 0 Å². The predicted molar refractivity (Wildman–Crippen MR) is 79.6 cm³/mol. The van der Waals surface area contributed by atoms with Crippen LogP contribution in [0.15, 0.2) is 30.3 Å². The van der Waals surface area contributed by atoms with Crippen LogP contribution in [-0.4, -0.2) is 22.8 Å². The first-order valence-electron chi connectivity index (χ1n) is 6.53. The van der Waals surface area contributed by atoms with E-state index in [1.165, 1.54) is 12.0 Å². The molecule has 1 aromatic carbocycles. The Morgan fingerprint density at radius 2 is 1.82 bits per heavy atom. The van der Waals surface area contributed by atoms with E-state index < -0.39 is 0 Å². The Kier molecular flexibility index (Phi) is 6.83. The summed E-state index contributed by atoms with van der Waals surface area (Å²) in [5.41, 5.74) is 1.41. The molecule has 0 amide bonds. The van der Waals surface area contributed by atoms with Gasteiger partial charge in [-0.15, -0.1) is 0 Å². The molecule has 96 valence electrons. The highest BCUT2D eigenvalue weighted by atomic mass is 79.9. The lowest BCUT2D eigenvalue weighted by Crippen LogP contribution is -2.38. The van der Waals surface area contributed by atoms with E-state index in [4.69, 9.17) is 0 Å². The molecule has 17 heavy (non-hydrogen) atoms. The summed E-state index contributed by atoms with van der Waals surface area (Å²) in [6.45, 7) is 9.13. The zero-order chi connectivity index (χ0) is 12.7. The summed E-state index contributed by atoms with van der Waals surface area (Å²) in [6, 6.07) is 11.4. The molecule has 1 nitrogen and oxygen atoms in total. The third kappa shape index (κ3) is 4.81. The summed E-state index contributed by atoms with van der Waals surface area (Å²) in [5.74, 6) is 0.748. The second-order valence-corrected chi connectivity index (χ2v) is 5.56. The molecule has 0 saturated carbocycles. The van der Waals surface area contributed by atoms with Gasteiger partial charge in [0, 0.05) is 24.5 Å². The van der Waals surface area contributed by atoms with Crippen molar-refractivity contribution in [2.75, 3.05) is 11.9 Å². The average molecular weight is 298 g/mol. The molecule has 0 bridgehead atoms. The molecule has 0 N–H and O–H groups in total. The third-order valence-corrected chi connectivity index (χ3v) is 4.00. The summed E-state index contributed by atoms with van der Waals surface area (Å²) in [7, 11) is 0. The Balaban J connectivity index is 2.66. The zero-order valence-electron chi connectivity index (χ0n) is 11.2. The van der Waals surface area contributed by atoms with Crippen LogP contribution in [-0.2, 0) is 6.54 Å². The van der Waals surface area contributed by atoms with Gasteiger partial charge >= 0.3 is 0 Å². The molecular weight excluding hydrogens is 274 g/mol. The van der Waals surface area contributed by atoms with Gasteiger partial charge in [-0.25, -0.2) is 0 Å².